The van der Waals surface area contributed by atoms with E-state index >= 15 is 0 Å². The summed E-state index contributed by atoms with van der Waals surface area (Å²) in [5, 5.41) is 9.52. The van der Waals surface area contributed by atoms with Gasteiger partial charge in [-0.3, -0.25) is 14.6 Å². The molecule has 0 radical (unpaired) electrons. The Labute approximate surface area is 121 Å². The normalized spacial score (nSPS) is 45.5. The fraction of sp³-hybridized carbons (Fsp3) is 0.938. The molecule has 0 aliphatic carbocycles. The van der Waals surface area contributed by atoms with Crippen molar-refractivity contribution >= 4 is 5.97 Å². The Bertz CT molecular complexity index is 400. The van der Waals surface area contributed by atoms with Crippen LogP contribution < -0.4 is 0 Å². The topological polar surface area (TPSA) is 43.8 Å². The highest BCUT2D eigenvalue weighted by Gasteiger charge is 2.49. The van der Waals surface area contributed by atoms with Crippen molar-refractivity contribution in [2.24, 2.45) is 11.8 Å². The number of carboxylic acid groups (broad SMARTS) is 1. The van der Waals surface area contributed by atoms with Crippen molar-refractivity contribution < 1.29 is 9.90 Å². The number of nitrogens with zero attached hydrogens (tertiary/aromatic N) is 2. The molecule has 4 fully saturated rings. The summed E-state index contributed by atoms with van der Waals surface area (Å²) in [6.07, 6.45) is 8.61. The number of aliphatic carboxylic acids is 1. The molecule has 0 aromatic rings. The molecule has 1 N–H and O–H groups in total. The maximum atomic E-state index is 11.6. The van der Waals surface area contributed by atoms with Crippen molar-refractivity contribution in [2.45, 2.75) is 63.1 Å². The highest BCUT2D eigenvalue weighted by atomic mass is 16.4. The lowest BCUT2D eigenvalue weighted by atomic mass is 9.70. The Balaban J connectivity index is 1.58. The van der Waals surface area contributed by atoms with Gasteiger partial charge in [-0.15, -0.1) is 0 Å². The van der Waals surface area contributed by atoms with Gasteiger partial charge in [0.2, 0.25) is 0 Å². The van der Waals surface area contributed by atoms with Crippen molar-refractivity contribution in [3.63, 3.8) is 0 Å². The molecule has 112 valence electrons. The van der Waals surface area contributed by atoms with Gasteiger partial charge in [-0.05, 0) is 56.9 Å². The van der Waals surface area contributed by atoms with E-state index in [1.54, 1.807) is 0 Å². The van der Waals surface area contributed by atoms with Crippen LogP contribution in [0.4, 0.5) is 0 Å². The van der Waals surface area contributed by atoms with Gasteiger partial charge in [-0.1, -0.05) is 6.42 Å². The van der Waals surface area contributed by atoms with Crippen molar-refractivity contribution in [1.29, 1.82) is 0 Å². The van der Waals surface area contributed by atoms with Gasteiger partial charge in [-0.25, -0.2) is 0 Å². The van der Waals surface area contributed by atoms with Crippen LogP contribution in [-0.2, 0) is 4.79 Å². The minimum absolute atomic E-state index is 0.200. The Morgan fingerprint density at radius 2 is 1.75 bits per heavy atom. The summed E-state index contributed by atoms with van der Waals surface area (Å²) in [4.78, 5) is 16.7. The van der Waals surface area contributed by atoms with Gasteiger partial charge in [0.05, 0.1) is 0 Å². The molecule has 2 unspecified atom stereocenters. The van der Waals surface area contributed by atoms with Gasteiger partial charge in [0.25, 0.3) is 0 Å². The average molecular weight is 278 g/mol. The Kier molecular flexibility index (Phi) is 3.26. The molecule has 2 bridgehead atoms. The highest BCUT2D eigenvalue weighted by molar-refractivity contribution is 5.73. The van der Waals surface area contributed by atoms with Gasteiger partial charge in [0.15, 0.2) is 0 Å². The molecule has 4 heteroatoms. The number of carbonyl (C=O) groups is 1. The molecule has 4 nitrogen and oxygen atoms in total. The third kappa shape index (κ3) is 2.00. The molecule has 4 rings (SSSR count). The molecule has 4 aliphatic rings. The Morgan fingerprint density at radius 3 is 2.60 bits per heavy atom. The summed E-state index contributed by atoms with van der Waals surface area (Å²) in [7, 11) is 0. The third-order valence-corrected chi connectivity index (χ3v) is 6.36. The molecular weight excluding hydrogens is 252 g/mol. The van der Waals surface area contributed by atoms with Crippen LogP contribution in [0, 0.1) is 11.8 Å². The van der Waals surface area contributed by atoms with Gasteiger partial charge in [-0.2, -0.15) is 0 Å². The van der Waals surface area contributed by atoms with E-state index in [9.17, 15) is 9.90 Å². The summed E-state index contributed by atoms with van der Waals surface area (Å²) < 4.78 is 0. The van der Waals surface area contributed by atoms with Crippen LogP contribution in [-0.4, -0.2) is 58.6 Å². The van der Waals surface area contributed by atoms with E-state index in [0.29, 0.717) is 6.04 Å². The number of hydrogen-bond acceptors (Lipinski definition) is 3. The van der Waals surface area contributed by atoms with E-state index < -0.39 is 5.97 Å². The molecule has 4 aliphatic heterocycles. The van der Waals surface area contributed by atoms with Gasteiger partial charge in [0.1, 0.15) is 6.04 Å². The lowest BCUT2D eigenvalue weighted by molar-refractivity contribution is -0.153. The predicted molar refractivity (Wildman–Crippen MR) is 76.6 cm³/mol. The summed E-state index contributed by atoms with van der Waals surface area (Å²) >= 11 is 0. The smallest absolute Gasteiger partial charge is 0.320 e. The second kappa shape index (κ2) is 4.99. The molecule has 0 aromatic carbocycles. The van der Waals surface area contributed by atoms with Gasteiger partial charge >= 0.3 is 5.97 Å². The Morgan fingerprint density at radius 1 is 0.950 bits per heavy atom. The first kappa shape index (κ1) is 13.1. The predicted octanol–water partition coefficient (Wildman–Crippen LogP) is 1.80. The molecule has 0 spiro atoms. The van der Waals surface area contributed by atoms with Crippen molar-refractivity contribution in [2.75, 3.05) is 19.6 Å². The second-order valence-electron chi connectivity index (χ2n) is 7.36. The molecule has 0 amide bonds. The lowest BCUT2D eigenvalue weighted by Gasteiger charge is -2.58. The molecule has 0 saturated carbocycles. The summed E-state index contributed by atoms with van der Waals surface area (Å²) in [5.41, 5.74) is 0. The number of fused-ring (bicyclic) bond motifs is 6. The fourth-order valence-corrected chi connectivity index (χ4v) is 5.56. The quantitative estimate of drug-likeness (QED) is 0.794. The van der Waals surface area contributed by atoms with E-state index in [1.807, 2.05) is 0 Å². The van der Waals surface area contributed by atoms with Crippen molar-refractivity contribution in [3.05, 3.63) is 0 Å². The van der Waals surface area contributed by atoms with Crippen LogP contribution >= 0.6 is 0 Å². The van der Waals surface area contributed by atoms with E-state index in [4.69, 9.17) is 0 Å². The minimum atomic E-state index is -0.588. The van der Waals surface area contributed by atoms with Crippen molar-refractivity contribution in [3.8, 4) is 0 Å². The molecule has 5 atom stereocenters. The SMILES string of the molecule is O=C(O)C1CCC[C@@H]2[C@@H]3CC(CN12)[C@@H]1CCCCN1C3. The van der Waals surface area contributed by atoms with Gasteiger partial charge in [0, 0.05) is 25.2 Å². The van der Waals surface area contributed by atoms with E-state index in [1.165, 1.54) is 45.2 Å². The van der Waals surface area contributed by atoms with Crippen LogP contribution in [0.3, 0.4) is 0 Å². The molecule has 0 aromatic heterocycles. The summed E-state index contributed by atoms with van der Waals surface area (Å²) in [6.45, 7) is 3.56. The van der Waals surface area contributed by atoms with Crippen LogP contribution in [0.25, 0.3) is 0 Å². The third-order valence-electron chi connectivity index (χ3n) is 6.36. The number of rotatable bonds is 1. The lowest BCUT2D eigenvalue weighted by Crippen LogP contribution is -2.66. The maximum Gasteiger partial charge on any atom is 0.320 e. The van der Waals surface area contributed by atoms with Crippen LogP contribution in [0.15, 0.2) is 0 Å². The zero-order valence-electron chi connectivity index (χ0n) is 12.2. The van der Waals surface area contributed by atoms with E-state index in [0.717, 1.165) is 37.3 Å². The van der Waals surface area contributed by atoms with E-state index in [-0.39, 0.29) is 6.04 Å². The molecule has 4 saturated heterocycles. The zero-order chi connectivity index (χ0) is 13.7. The number of carboxylic acids is 1. The zero-order valence-corrected chi connectivity index (χ0v) is 12.2. The molecule has 4 heterocycles. The molecule has 20 heavy (non-hydrogen) atoms. The van der Waals surface area contributed by atoms with Crippen LogP contribution in [0.2, 0.25) is 0 Å². The van der Waals surface area contributed by atoms with Crippen molar-refractivity contribution in [1.82, 2.24) is 9.80 Å². The average Bonchev–Trinajstić information content (AvgIpc) is 2.47. The highest BCUT2D eigenvalue weighted by Crippen LogP contribution is 2.44. The number of hydrogen-bond donors (Lipinski definition) is 1. The minimum Gasteiger partial charge on any atom is -0.480 e. The maximum absolute atomic E-state index is 11.6. The van der Waals surface area contributed by atoms with Crippen LogP contribution in [0.5, 0.6) is 0 Å². The standard InChI is InChI=1S/C16H26N2O2/c19-16(20)15-6-3-5-14-11-8-12(10-18(14)15)13-4-1-2-7-17(13)9-11/h11-15H,1-10H2,(H,19,20)/t11-,12?,13+,14-,15?/m1/s1. The number of piperidine rings is 4. The van der Waals surface area contributed by atoms with Gasteiger partial charge < -0.3 is 5.11 Å². The largest absolute Gasteiger partial charge is 0.480 e. The second-order valence-corrected chi connectivity index (χ2v) is 7.36. The Hall–Kier alpha value is -0.610. The summed E-state index contributed by atoms with van der Waals surface area (Å²) in [5.74, 6) is 0.866. The first-order valence-electron chi connectivity index (χ1n) is 8.46. The van der Waals surface area contributed by atoms with Crippen LogP contribution in [0.1, 0.15) is 44.9 Å². The van der Waals surface area contributed by atoms with E-state index in [2.05, 4.69) is 9.80 Å². The molecular formula is C16H26N2O2. The first-order chi connectivity index (χ1) is 9.74. The monoisotopic (exact) mass is 278 g/mol. The first-order valence-corrected chi connectivity index (χ1v) is 8.46. The fourth-order valence-electron chi connectivity index (χ4n) is 5.56. The summed E-state index contributed by atoms with van der Waals surface area (Å²) in [6, 6.07) is 1.09.